The van der Waals surface area contributed by atoms with Crippen molar-refractivity contribution in [1.82, 2.24) is 9.97 Å². The summed E-state index contributed by atoms with van der Waals surface area (Å²) in [6.07, 6.45) is 5.12. The molecule has 0 bridgehead atoms. The van der Waals surface area contributed by atoms with Gasteiger partial charge in [-0.3, -0.25) is 9.78 Å². The van der Waals surface area contributed by atoms with Gasteiger partial charge < -0.3 is 20.1 Å². The predicted octanol–water partition coefficient (Wildman–Crippen LogP) is 3.36. The van der Waals surface area contributed by atoms with E-state index in [1.54, 1.807) is 57.1 Å². The molecule has 138 valence electrons. The average molecular weight is 364 g/mol. The first-order valence-electron chi connectivity index (χ1n) is 8.32. The lowest BCUT2D eigenvalue weighted by Crippen LogP contribution is -2.14. The number of ether oxygens (including phenoxy) is 2. The van der Waals surface area contributed by atoms with E-state index in [1.165, 1.54) is 0 Å². The van der Waals surface area contributed by atoms with Gasteiger partial charge in [0.15, 0.2) is 11.5 Å². The second-order valence-corrected chi connectivity index (χ2v) is 5.67. The van der Waals surface area contributed by atoms with Gasteiger partial charge in [0.2, 0.25) is 0 Å². The predicted molar refractivity (Wildman–Crippen MR) is 103 cm³/mol. The Morgan fingerprint density at radius 3 is 2.37 bits per heavy atom. The van der Waals surface area contributed by atoms with Crippen molar-refractivity contribution in [2.24, 2.45) is 0 Å². The van der Waals surface area contributed by atoms with E-state index < -0.39 is 0 Å². The Morgan fingerprint density at radius 1 is 0.963 bits per heavy atom. The summed E-state index contributed by atoms with van der Waals surface area (Å²) < 4.78 is 10.4. The molecule has 2 N–H and O–H groups in total. The molecule has 2 aromatic heterocycles. The molecule has 1 aromatic carbocycles. The van der Waals surface area contributed by atoms with Crippen LogP contribution >= 0.6 is 0 Å². The van der Waals surface area contributed by atoms with Crippen molar-refractivity contribution >= 4 is 17.3 Å². The lowest BCUT2D eigenvalue weighted by Gasteiger charge is -2.11. The van der Waals surface area contributed by atoms with Crippen LogP contribution in [-0.2, 0) is 6.54 Å². The summed E-state index contributed by atoms with van der Waals surface area (Å²) in [4.78, 5) is 20.6. The molecule has 7 heteroatoms. The van der Waals surface area contributed by atoms with E-state index in [0.717, 1.165) is 11.3 Å². The highest BCUT2D eigenvalue weighted by Crippen LogP contribution is 2.29. The van der Waals surface area contributed by atoms with E-state index in [4.69, 9.17) is 9.47 Å². The second kappa shape index (κ2) is 8.66. The summed E-state index contributed by atoms with van der Waals surface area (Å²) in [5.41, 5.74) is 2.85. The third kappa shape index (κ3) is 4.72. The molecule has 0 saturated heterocycles. The lowest BCUT2D eigenvalue weighted by atomic mass is 10.2. The zero-order valence-corrected chi connectivity index (χ0v) is 15.1. The van der Waals surface area contributed by atoms with Crippen LogP contribution in [0.3, 0.4) is 0 Å². The number of benzene rings is 1. The number of carbonyl (C=O) groups excluding carboxylic acids is 1. The fourth-order valence-corrected chi connectivity index (χ4v) is 2.45. The van der Waals surface area contributed by atoms with Crippen LogP contribution in [0.4, 0.5) is 11.4 Å². The molecule has 27 heavy (non-hydrogen) atoms. The van der Waals surface area contributed by atoms with Gasteiger partial charge in [0.1, 0.15) is 5.69 Å². The summed E-state index contributed by atoms with van der Waals surface area (Å²) >= 11 is 0. The monoisotopic (exact) mass is 364 g/mol. The Hall–Kier alpha value is -3.61. The number of nitrogens with zero attached hydrogens (tertiary/aromatic N) is 2. The SMILES string of the molecule is COc1ccc(NC(=O)c2ccc(NCc3ccncc3)cn2)cc1OC. The zero-order valence-electron chi connectivity index (χ0n) is 15.1. The number of hydrogen-bond donors (Lipinski definition) is 2. The number of methoxy groups -OCH3 is 2. The van der Waals surface area contributed by atoms with E-state index in [2.05, 4.69) is 20.6 Å². The van der Waals surface area contributed by atoms with Crippen molar-refractivity contribution < 1.29 is 14.3 Å². The van der Waals surface area contributed by atoms with Gasteiger partial charge in [-0.15, -0.1) is 0 Å². The molecule has 1 amide bonds. The van der Waals surface area contributed by atoms with E-state index in [0.29, 0.717) is 29.4 Å². The smallest absolute Gasteiger partial charge is 0.274 e. The standard InChI is InChI=1S/C20H20N4O3/c1-26-18-6-4-15(11-19(18)27-2)24-20(25)17-5-3-16(13-23-17)22-12-14-7-9-21-10-8-14/h3-11,13,22H,12H2,1-2H3,(H,24,25). The Morgan fingerprint density at radius 2 is 1.70 bits per heavy atom. The highest BCUT2D eigenvalue weighted by Gasteiger charge is 2.10. The van der Waals surface area contributed by atoms with Crippen LogP contribution in [0.15, 0.2) is 61.1 Å². The van der Waals surface area contributed by atoms with E-state index in [1.807, 2.05) is 18.2 Å². The molecular weight excluding hydrogens is 344 g/mol. The quantitative estimate of drug-likeness (QED) is 0.669. The van der Waals surface area contributed by atoms with Crippen LogP contribution in [0.2, 0.25) is 0 Å². The van der Waals surface area contributed by atoms with Gasteiger partial charge in [-0.1, -0.05) is 0 Å². The molecule has 7 nitrogen and oxygen atoms in total. The van der Waals surface area contributed by atoms with Crippen molar-refractivity contribution in [1.29, 1.82) is 0 Å². The number of rotatable bonds is 7. The van der Waals surface area contributed by atoms with Gasteiger partial charge in [-0.2, -0.15) is 0 Å². The van der Waals surface area contributed by atoms with Gasteiger partial charge in [0.05, 0.1) is 26.1 Å². The molecule has 0 saturated carbocycles. The molecule has 0 unspecified atom stereocenters. The minimum Gasteiger partial charge on any atom is -0.493 e. The summed E-state index contributed by atoms with van der Waals surface area (Å²) in [7, 11) is 3.10. The topological polar surface area (TPSA) is 85.4 Å². The molecule has 2 heterocycles. The van der Waals surface area contributed by atoms with Crippen molar-refractivity contribution in [3.05, 3.63) is 72.3 Å². The third-order valence-corrected chi connectivity index (χ3v) is 3.88. The van der Waals surface area contributed by atoms with E-state index in [9.17, 15) is 4.79 Å². The first kappa shape index (κ1) is 18.2. The molecule has 0 spiro atoms. The maximum absolute atomic E-state index is 12.4. The van der Waals surface area contributed by atoms with Crippen molar-refractivity contribution in [2.75, 3.05) is 24.9 Å². The maximum atomic E-state index is 12.4. The number of carbonyl (C=O) groups is 1. The Balaban J connectivity index is 1.62. The minimum atomic E-state index is -0.303. The molecule has 0 aliphatic carbocycles. The van der Waals surface area contributed by atoms with Gasteiger partial charge in [-0.05, 0) is 42.0 Å². The molecule has 0 atom stereocenters. The lowest BCUT2D eigenvalue weighted by molar-refractivity contribution is 0.102. The first-order chi connectivity index (χ1) is 13.2. The molecular formula is C20H20N4O3. The van der Waals surface area contributed by atoms with Crippen LogP contribution < -0.4 is 20.1 Å². The van der Waals surface area contributed by atoms with Gasteiger partial charge in [0, 0.05) is 30.7 Å². The molecule has 3 aromatic rings. The number of pyridine rings is 2. The van der Waals surface area contributed by atoms with Crippen molar-refractivity contribution in [2.45, 2.75) is 6.54 Å². The van der Waals surface area contributed by atoms with Crippen LogP contribution in [0, 0.1) is 0 Å². The van der Waals surface area contributed by atoms with Crippen LogP contribution in [0.1, 0.15) is 16.1 Å². The minimum absolute atomic E-state index is 0.303. The van der Waals surface area contributed by atoms with Crippen molar-refractivity contribution in [3.63, 3.8) is 0 Å². The number of amides is 1. The van der Waals surface area contributed by atoms with Crippen molar-refractivity contribution in [3.8, 4) is 11.5 Å². The normalized spacial score (nSPS) is 10.1. The van der Waals surface area contributed by atoms with Crippen LogP contribution in [-0.4, -0.2) is 30.1 Å². The summed E-state index contributed by atoms with van der Waals surface area (Å²) in [6, 6.07) is 12.5. The Kier molecular flexibility index (Phi) is 5.84. The van der Waals surface area contributed by atoms with Gasteiger partial charge in [0.25, 0.3) is 5.91 Å². The fourth-order valence-electron chi connectivity index (χ4n) is 2.45. The third-order valence-electron chi connectivity index (χ3n) is 3.88. The highest BCUT2D eigenvalue weighted by atomic mass is 16.5. The first-order valence-corrected chi connectivity index (χ1v) is 8.32. The summed E-state index contributed by atoms with van der Waals surface area (Å²) in [5, 5.41) is 6.05. The molecule has 0 fully saturated rings. The highest BCUT2D eigenvalue weighted by molar-refractivity contribution is 6.03. The molecule has 0 aliphatic rings. The largest absolute Gasteiger partial charge is 0.493 e. The maximum Gasteiger partial charge on any atom is 0.274 e. The summed E-state index contributed by atoms with van der Waals surface area (Å²) in [5.74, 6) is 0.833. The zero-order chi connectivity index (χ0) is 19.1. The molecule has 0 radical (unpaired) electrons. The molecule has 3 rings (SSSR count). The van der Waals surface area contributed by atoms with Gasteiger partial charge in [-0.25, -0.2) is 4.98 Å². The number of nitrogens with one attached hydrogen (secondary N) is 2. The van der Waals surface area contributed by atoms with E-state index >= 15 is 0 Å². The average Bonchev–Trinajstić information content (AvgIpc) is 2.73. The second-order valence-electron chi connectivity index (χ2n) is 5.67. The van der Waals surface area contributed by atoms with Gasteiger partial charge >= 0.3 is 0 Å². The van der Waals surface area contributed by atoms with E-state index in [-0.39, 0.29) is 5.91 Å². The Labute approximate surface area is 157 Å². The fraction of sp³-hybridized carbons (Fsp3) is 0.150. The molecule has 0 aliphatic heterocycles. The van der Waals surface area contributed by atoms with Crippen LogP contribution in [0.25, 0.3) is 0 Å². The number of anilines is 2. The summed E-state index contributed by atoms with van der Waals surface area (Å²) in [6.45, 7) is 0.654. The Bertz CT molecular complexity index is 899. The number of hydrogen-bond acceptors (Lipinski definition) is 6. The van der Waals surface area contributed by atoms with Crippen LogP contribution in [0.5, 0.6) is 11.5 Å². The number of aromatic nitrogens is 2.